The molecule has 0 aromatic carbocycles. The van der Waals surface area contributed by atoms with Crippen molar-refractivity contribution in [2.24, 2.45) is 0 Å². The molecule has 0 radical (unpaired) electrons. The normalized spacial score (nSPS) is 10.6. The van der Waals surface area contributed by atoms with E-state index in [1.165, 1.54) is 4.57 Å². The lowest BCUT2D eigenvalue weighted by atomic mass is 10.2. The molecule has 2 aromatic heterocycles. The molecule has 0 N–H and O–H groups in total. The first-order valence-electron chi connectivity index (χ1n) is 7.26. The molecule has 0 spiro atoms. The molecule has 122 valence electrons. The van der Waals surface area contributed by atoms with Gasteiger partial charge in [-0.25, -0.2) is 9.78 Å². The predicted octanol–water partition coefficient (Wildman–Crippen LogP) is 1.96. The minimum Gasteiger partial charge on any atom is -0.341 e. The number of aromatic nitrogens is 3. The van der Waals surface area contributed by atoms with Crippen LogP contribution in [0.5, 0.6) is 0 Å². The van der Waals surface area contributed by atoms with E-state index in [0.717, 1.165) is 11.3 Å². The fourth-order valence-electron chi connectivity index (χ4n) is 2.31. The molecule has 23 heavy (non-hydrogen) atoms. The summed E-state index contributed by atoms with van der Waals surface area (Å²) in [4.78, 5) is 33.6. The Morgan fingerprint density at radius 1 is 1.35 bits per heavy atom. The topological polar surface area (TPSA) is 68.1 Å². The Morgan fingerprint density at radius 2 is 2.09 bits per heavy atom. The molecule has 2 aromatic rings. The summed E-state index contributed by atoms with van der Waals surface area (Å²) < 4.78 is 1.52. The number of halogens is 1. The first-order valence-corrected chi connectivity index (χ1v) is 7.64. The van der Waals surface area contributed by atoms with Crippen LogP contribution in [0, 0.1) is 13.8 Å². The molecule has 0 saturated heterocycles. The third-order valence-corrected chi connectivity index (χ3v) is 3.75. The van der Waals surface area contributed by atoms with Crippen LogP contribution < -0.4 is 5.69 Å². The maximum Gasteiger partial charge on any atom is 0.347 e. The summed E-state index contributed by atoms with van der Waals surface area (Å²) in [7, 11) is 1.72. The Balaban J connectivity index is 1.97. The molecule has 0 aliphatic rings. The highest BCUT2D eigenvalue weighted by molar-refractivity contribution is 6.29. The van der Waals surface area contributed by atoms with E-state index in [4.69, 9.17) is 11.6 Å². The molecule has 0 aliphatic carbocycles. The van der Waals surface area contributed by atoms with Crippen molar-refractivity contribution in [1.29, 1.82) is 0 Å². The molecule has 0 bridgehead atoms. The summed E-state index contributed by atoms with van der Waals surface area (Å²) >= 11 is 5.74. The summed E-state index contributed by atoms with van der Waals surface area (Å²) in [5.74, 6) is -0.0492. The zero-order valence-corrected chi connectivity index (χ0v) is 14.2. The van der Waals surface area contributed by atoms with E-state index in [1.807, 2.05) is 19.1 Å². The minimum atomic E-state index is -0.320. The molecular formula is C16H19ClN4O2. The van der Waals surface area contributed by atoms with Gasteiger partial charge in [-0.3, -0.25) is 9.36 Å². The van der Waals surface area contributed by atoms with Crippen molar-refractivity contribution in [1.82, 2.24) is 19.4 Å². The number of hydrogen-bond acceptors (Lipinski definition) is 4. The molecule has 7 heteroatoms. The fourth-order valence-corrected chi connectivity index (χ4v) is 2.42. The quantitative estimate of drug-likeness (QED) is 0.784. The van der Waals surface area contributed by atoms with Gasteiger partial charge in [0.15, 0.2) is 0 Å². The lowest BCUT2D eigenvalue weighted by Gasteiger charge is -2.18. The lowest BCUT2D eigenvalue weighted by molar-refractivity contribution is -0.130. The van der Waals surface area contributed by atoms with Crippen molar-refractivity contribution >= 4 is 17.5 Å². The first-order chi connectivity index (χ1) is 10.9. The summed E-state index contributed by atoms with van der Waals surface area (Å²) in [6, 6.07) is 5.35. The number of rotatable bonds is 5. The molecule has 6 nitrogen and oxygen atoms in total. The van der Waals surface area contributed by atoms with Gasteiger partial charge in [-0.2, -0.15) is 4.98 Å². The van der Waals surface area contributed by atoms with Crippen molar-refractivity contribution < 1.29 is 4.79 Å². The molecule has 0 atom stereocenters. The predicted molar refractivity (Wildman–Crippen MR) is 88.3 cm³/mol. The lowest BCUT2D eigenvalue weighted by Crippen LogP contribution is -2.31. The van der Waals surface area contributed by atoms with Gasteiger partial charge in [0.05, 0.1) is 0 Å². The van der Waals surface area contributed by atoms with Crippen LogP contribution in [-0.4, -0.2) is 32.4 Å². The number of hydrogen-bond donors (Lipinski definition) is 0. The van der Waals surface area contributed by atoms with Gasteiger partial charge >= 0.3 is 5.69 Å². The molecule has 2 rings (SSSR count). The van der Waals surface area contributed by atoms with E-state index in [0.29, 0.717) is 23.9 Å². The van der Waals surface area contributed by atoms with Crippen LogP contribution in [0.15, 0.2) is 29.2 Å². The number of carbonyl (C=O) groups excluding carboxylic acids is 1. The van der Waals surface area contributed by atoms with Crippen LogP contribution in [0.1, 0.15) is 23.4 Å². The molecule has 0 fully saturated rings. The van der Waals surface area contributed by atoms with Crippen molar-refractivity contribution in [3.8, 4) is 0 Å². The Labute approximate surface area is 139 Å². The van der Waals surface area contributed by atoms with Gasteiger partial charge < -0.3 is 4.90 Å². The molecule has 2 heterocycles. The average molecular weight is 335 g/mol. The van der Waals surface area contributed by atoms with E-state index in [9.17, 15) is 9.59 Å². The Bertz CT molecular complexity index is 756. The Hall–Kier alpha value is -2.21. The minimum absolute atomic E-state index is 0.0492. The SMILES string of the molecule is Cc1cc(C)n(CCC(=O)N(C)Cc2ccc(Cl)nc2)c(=O)n1. The average Bonchev–Trinajstić information content (AvgIpc) is 2.48. The third-order valence-electron chi connectivity index (χ3n) is 3.53. The van der Waals surface area contributed by atoms with Crippen molar-refractivity contribution in [3.05, 3.63) is 57.0 Å². The smallest absolute Gasteiger partial charge is 0.341 e. The van der Waals surface area contributed by atoms with Crippen LogP contribution >= 0.6 is 11.6 Å². The van der Waals surface area contributed by atoms with Crippen molar-refractivity contribution in [2.45, 2.75) is 33.4 Å². The van der Waals surface area contributed by atoms with Gasteiger partial charge in [0.25, 0.3) is 0 Å². The summed E-state index contributed by atoms with van der Waals surface area (Å²) in [6.45, 7) is 4.38. The maximum absolute atomic E-state index is 12.2. The van der Waals surface area contributed by atoms with Crippen molar-refractivity contribution in [2.75, 3.05) is 7.05 Å². The summed E-state index contributed by atoms with van der Waals surface area (Å²) in [5.41, 5.74) is 2.07. The van der Waals surface area contributed by atoms with E-state index in [-0.39, 0.29) is 18.0 Å². The van der Waals surface area contributed by atoms with Gasteiger partial charge in [-0.15, -0.1) is 0 Å². The second kappa shape index (κ2) is 7.37. The van der Waals surface area contributed by atoms with Crippen LogP contribution in [0.25, 0.3) is 0 Å². The Kier molecular flexibility index (Phi) is 5.50. The Morgan fingerprint density at radius 3 is 2.70 bits per heavy atom. The highest BCUT2D eigenvalue weighted by atomic mass is 35.5. The van der Waals surface area contributed by atoms with Crippen LogP contribution in [0.3, 0.4) is 0 Å². The van der Waals surface area contributed by atoms with E-state index >= 15 is 0 Å². The van der Waals surface area contributed by atoms with Crippen LogP contribution in [0.4, 0.5) is 0 Å². The molecule has 0 saturated carbocycles. The fraction of sp³-hybridized carbons (Fsp3) is 0.375. The standard InChI is InChI=1S/C16H19ClN4O2/c1-11-8-12(2)21(16(23)19-11)7-6-15(22)20(3)10-13-4-5-14(17)18-9-13/h4-5,8-9H,6-7,10H2,1-3H3. The highest BCUT2D eigenvalue weighted by Gasteiger charge is 2.11. The first kappa shape index (κ1) is 17.1. The van der Waals surface area contributed by atoms with Gasteiger partial charge in [-0.1, -0.05) is 17.7 Å². The van der Waals surface area contributed by atoms with E-state index in [1.54, 1.807) is 31.1 Å². The largest absolute Gasteiger partial charge is 0.347 e. The number of amides is 1. The maximum atomic E-state index is 12.2. The second-order valence-corrected chi connectivity index (χ2v) is 5.85. The van der Waals surface area contributed by atoms with E-state index < -0.39 is 0 Å². The molecular weight excluding hydrogens is 316 g/mol. The van der Waals surface area contributed by atoms with E-state index in [2.05, 4.69) is 9.97 Å². The van der Waals surface area contributed by atoms with Gasteiger partial charge in [0.2, 0.25) is 5.91 Å². The van der Waals surface area contributed by atoms with Gasteiger partial charge in [0.1, 0.15) is 5.15 Å². The molecule has 0 unspecified atom stereocenters. The number of aryl methyl sites for hydroxylation is 2. The zero-order valence-electron chi connectivity index (χ0n) is 13.4. The summed E-state index contributed by atoms with van der Waals surface area (Å²) in [5, 5.41) is 0.421. The number of nitrogens with zero attached hydrogens (tertiary/aromatic N) is 4. The third kappa shape index (κ3) is 4.63. The highest BCUT2D eigenvalue weighted by Crippen LogP contribution is 2.08. The van der Waals surface area contributed by atoms with Gasteiger partial charge in [0, 0.05) is 44.1 Å². The molecule has 1 amide bonds. The number of pyridine rings is 1. The van der Waals surface area contributed by atoms with Crippen molar-refractivity contribution in [3.63, 3.8) is 0 Å². The van der Waals surface area contributed by atoms with Crippen LogP contribution in [-0.2, 0) is 17.9 Å². The number of carbonyl (C=O) groups is 1. The summed E-state index contributed by atoms with van der Waals surface area (Å²) in [6.07, 6.45) is 1.88. The monoisotopic (exact) mass is 334 g/mol. The molecule has 0 aliphatic heterocycles. The zero-order chi connectivity index (χ0) is 17.0. The van der Waals surface area contributed by atoms with Gasteiger partial charge in [-0.05, 0) is 31.5 Å². The second-order valence-electron chi connectivity index (χ2n) is 5.46. The van der Waals surface area contributed by atoms with Crippen LogP contribution in [0.2, 0.25) is 5.15 Å².